The van der Waals surface area contributed by atoms with Gasteiger partial charge in [-0.2, -0.15) is 0 Å². The summed E-state index contributed by atoms with van der Waals surface area (Å²) in [6.45, 7) is 7.06. The van der Waals surface area contributed by atoms with Gasteiger partial charge in [-0.05, 0) is 133 Å². The van der Waals surface area contributed by atoms with Crippen molar-refractivity contribution in [3.8, 4) is 44.5 Å². The van der Waals surface area contributed by atoms with Crippen LogP contribution >= 0.6 is 0 Å². The van der Waals surface area contributed by atoms with Gasteiger partial charge in [0.2, 0.25) is 0 Å². The quantitative estimate of drug-likeness (QED) is 0.156. The lowest BCUT2D eigenvalue weighted by Gasteiger charge is -2.35. The van der Waals surface area contributed by atoms with Crippen LogP contribution in [0.4, 0.5) is 17.1 Å². The molecule has 0 saturated heterocycles. The van der Waals surface area contributed by atoms with Crippen LogP contribution in [0.15, 0.2) is 218 Å². The first-order chi connectivity index (χ1) is 29.4. The first-order valence-corrected chi connectivity index (χ1v) is 21.1. The SMILES string of the molecule is Cc1cc(-c2ccccc2)cc2c1C(C)(C)c1ccc(N(c3ccc(-c4ccccc4)cc3)c3cccc(C4(c5ccccc5)c5ccccc5-c5ccccc54)c3)cc1-2. The molecule has 0 N–H and O–H groups in total. The molecule has 2 aliphatic carbocycles. The Balaban J connectivity index is 1.13. The van der Waals surface area contributed by atoms with Gasteiger partial charge in [-0.3, -0.25) is 0 Å². The normalized spacial score (nSPS) is 13.8. The van der Waals surface area contributed by atoms with Crippen molar-refractivity contribution in [2.75, 3.05) is 4.90 Å². The fourth-order valence-electron chi connectivity index (χ4n) is 10.7. The van der Waals surface area contributed by atoms with E-state index in [9.17, 15) is 0 Å². The number of rotatable bonds is 7. The average molecular weight is 768 g/mol. The summed E-state index contributed by atoms with van der Waals surface area (Å²) >= 11 is 0. The molecule has 0 radical (unpaired) electrons. The number of nitrogens with zero attached hydrogens (tertiary/aromatic N) is 1. The van der Waals surface area contributed by atoms with Crippen molar-refractivity contribution in [2.45, 2.75) is 31.6 Å². The first-order valence-electron chi connectivity index (χ1n) is 21.1. The lowest BCUT2D eigenvalue weighted by molar-refractivity contribution is 0.656. The lowest BCUT2D eigenvalue weighted by Crippen LogP contribution is -2.28. The van der Waals surface area contributed by atoms with E-state index in [0.29, 0.717) is 0 Å². The number of benzene rings is 9. The van der Waals surface area contributed by atoms with Crippen LogP contribution in [-0.2, 0) is 10.8 Å². The maximum absolute atomic E-state index is 2.46. The molecule has 1 nitrogen and oxygen atoms in total. The van der Waals surface area contributed by atoms with Crippen molar-refractivity contribution in [1.82, 2.24) is 0 Å². The van der Waals surface area contributed by atoms with Gasteiger partial charge < -0.3 is 4.90 Å². The van der Waals surface area contributed by atoms with Crippen LogP contribution in [0.5, 0.6) is 0 Å². The van der Waals surface area contributed by atoms with Gasteiger partial charge >= 0.3 is 0 Å². The van der Waals surface area contributed by atoms with Crippen molar-refractivity contribution >= 4 is 17.1 Å². The summed E-state index contributed by atoms with van der Waals surface area (Å²) in [4.78, 5) is 2.46. The van der Waals surface area contributed by atoms with Gasteiger partial charge in [0.25, 0.3) is 0 Å². The van der Waals surface area contributed by atoms with Crippen molar-refractivity contribution in [2.24, 2.45) is 0 Å². The van der Waals surface area contributed by atoms with E-state index < -0.39 is 5.41 Å². The van der Waals surface area contributed by atoms with E-state index in [0.717, 1.165) is 17.1 Å². The van der Waals surface area contributed by atoms with E-state index >= 15 is 0 Å². The highest BCUT2D eigenvalue weighted by Gasteiger charge is 2.46. The van der Waals surface area contributed by atoms with Gasteiger partial charge in [0, 0.05) is 22.5 Å². The van der Waals surface area contributed by atoms with Crippen LogP contribution < -0.4 is 4.90 Å². The van der Waals surface area contributed by atoms with Crippen LogP contribution in [0.2, 0.25) is 0 Å². The fraction of sp³-hybridized carbons (Fsp3) is 0.0847. The molecule has 0 spiro atoms. The highest BCUT2D eigenvalue weighted by molar-refractivity contribution is 5.91. The maximum atomic E-state index is 2.46. The third-order valence-corrected chi connectivity index (χ3v) is 13.2. The molecule has 60 heavy (non-hydrogen) atoms. The number of anilines is 3. The second kappa shape index (κ2) is 14.0. The molecule has 0 aromatic heterocycles. The topological polar surface area (TPSA) is 3.24 Å². The smallest absolute Gasteiger partial charge is 0.0714 e. The van der Waals surface area contributed by atoms with Crippen LogP contribution in [0.3, 0.4) is 0 Å². The fourth-order valence-corrected chi connectivity index (χ4v) is 10.7. The van der Waals surface area contributed by atoms with Gasteiger partial charge in [0.05, 0.1) is 5.41 Å². The zero-order valence-corrected chi connectivity index (χ0v) is 34.2. The zero-order chi connectivity index (χ0) is 40.4. The molecule has 0 aliphatic heterocycles. The van der Waals surface area contributed by atoms with Crippen molar-refractivity contribution in [3.05, 3.63) is 257 Å². The lowest BCUT2D eigenvalue weighted by atomic mass is 9.67. The Hall–Kier alpha value is -7.22. The van der Waals surface area contributed by atoms with Crippen LogP contribution in [0.25, 0.3) is 44.5 Å². The minimum absolute atomic E-state index is 0.129. The third-order valence-electron chi connectivity index (χ3n) is 13.2. The zero-order valence-electron chi connectivity index (χ0n) is 34.2. The molecule has 2 aliphatic rings. The highest BCUT2D eigenvalue weighted by Crippen LogP contribution is 2.57. The Bertz CT molecular complexity index is 3000. The first kappa shape index (κ1) is 35.9. The predicted octanol–water partition coefficient (Wildman–Crippen LogP) is 15.5. The summed E-state index contributed by atoms with van der Waals surface area (Å²) in [7, 11) is 0. The minimum Gasteiger partial charge on any atom is -0.310 e. The summed E-state index contributed by atoms with van der Waals surface area (Å²) < 4.78 is 0. The molecular formula is C59H45N. The van der Waals surface area contributed by atoms with Crippen molar-refractivity contribution in [3.63, 3.8) is 0 Å². The van der Waals surface area contributed by atoms with E-state index in [1.54, 1.807) is 0 Å². The number of hydrogen-bond donors (Lipinski definition) is 0. The highest BCUT2D eigenvalue weighted by atomic mass is 15.1. The van der Waals surface area contributed by atoms with Gasteiger partial charge in [-0.15, -0.1) is 0 Å². The maximum Gasteiger partial charge on any atom is 0.0714 e. The Labute approximate surface area is 353 Å². The number of aryl methyl sites for hydroxylation is 1. The Morgan fingerprint density at radius 3 is 1.50 bits per heavy atom. The van der Waals surface area contributed by atoms with E-state index in [4.69, 9.17) is 0 Å². The molecule has 0 atom stereocenters. The monoisotopic (exact) mass is 767 g/mol. The third kappa shape index (κ3) is 5.46. The molecule has 286 valence electrons. The summed E-state index contributed by atoms with van der Waals surface area (Å²) in [5.74, 6) is 0. The molecule has 0 amide bonds. The van der Waals surface area contributed by atoms with Gasteiger partial charge in [0.15, 0.2) is 0 Å². The van der Waals surface area contributed by atoms with Gasteiger partial charge in [-0.25, -0.2) is 0 Å². The molecule has 0 heterocycles. The molecule has 9 aromatic carbocycles. The summed E-state index contributed by atoms with van der Waals surface area (Å²) in [5, 5.41) is 0. The summed E-state index contributed by atoms with van der Waals surface area (Å²) in [5.41, 5.74) is 22.1. The van der Waals surface area contributed by atoms with E-state index in [2.05, 4.69) is 244 Å². The van der Waals surface area contributed by atoms with Gasteiger partial charge in [0.1, 0.15) is 0 Å². The molecular weight excluding hydrogens is 723 g/mol. The molecule has 1 heteroatoms. The Morgan fingerprint density at radius 2 is 0.850 bits per heavy atom. The summed E-state index contributed by atoms with van der Waals surface area (Å²) in [6, 6.07) is 80.9. The molecule has 11 rings (SSSR count). The molecule has 0 fully saturated rings. The minimum atomic E-state index is -0.500. The van der Waals surface area contributed by atoms with Crippen molar-refractivity contribution < 1.29 is 0 Å². The predicted molar refractivity (Wildman–Crippen MR) is 252 cm³/mol. The van der Waals surface area contributed by atoms with Crippen LogP contribution in [-0.4, -0.2) is 0 Å². The number of hydrogen-bond acceptors (Lipinski definition) is 1. The van der Waals surface area contributed by atoms with E-state index in [-0.39, 0.29) is 5.41 Å². The van der Waals surface area contributed by atoms with E-state index in [1.165, 1.54) is 83.5 Å². The Morgan fingerprint density at radius 1 is 0.333 bits per heavy atom. The standard InChI is InChI=1S/C59H45N/c1-40-36-44(42-20-9-5-10-21-42)37-53-52-39-49(34-35-54(52)58(2,3)57(40)53)60(47-32-30-43(31-33-47)41-18-7-4-8-19-41)48-25-17-24-46(38-48)59(45-22-11-6-12-23-45)55-28-15-13-26-50(55)51-27-14-16-29-56(51)59/h4-39H,1-3H3. The van der Waals surface area contributed by atoms with Crippen LogP contribution in [0.1, 0.15) is 52.8 Å². The van der Waals surface area contributed by atoms with Crippen LogP contribution in [0, 0.1) is 6.92 Å². The Kier molecular flexibility index (Phi) is 8.36. The molecule has 0 unspecified atom stereocenters. The van der Waals surface area contributed by atoms with Crippen molar-refractivity contribution in [1.29, 1.82) is 0 Å². The molecule has 0 saturated carbocycles. The number of fused-ring (bicyclic) bond motifs is 6. The second-order valence-corrected chi connectivity index (χ2v) is 16.9. The average Bonchev–Trinajstić information content (AvgIpc) is 3.73. The molecule has 9 aromatic rings. The van der Waals surface area contributed by atoms with Gasteiger partial charge in [-0.1, -0.05) is 190 Å². The largest absolute Gasteiger partial charge is 0.310 e. The molecule has 0 bridgehead atoms. The second-order valence-electron chi connectivity index (χ2n) is 16.9. The summed E-state index contributed by atoms with van der Waals surface area (Å²) in [6.07, 6.45) is 0. The van der Waals surface area contributed by atoms with E-state index in [1.807, 2.05) is 0 Å².